The summed E-state index contributed by atoms with van der Waals surface area (Å²) in [5, 5.41) is 0. The van der Waals surface area contributed by atoms with Crippen molar-refractivity contribution < 1.29 is 19.1 Å². The third-order valence-corrected chi connectivity index (χ3v) is 1.75. The van der Waals surface area contributed by atoms with Gasteiger partial charge in [0.1, 0.15) is 0 Å². The molecule has 0 unspecified atom stereocenters. The second-order valence-electron chi connectivity index (χ2n) is 3.23. The van der Waals surface area contributed by atoms with Gasteiger partial charge in [-0.2, -0.15) is 0 Å². The van der Waals surface area contributed by atoms with E-state index >= 15 is 0 Å². The van der Waals surface area contributed by atoms with E-state index in [2.05, 4.69) is 0 Å². The van der Waals surface area contributed by atoms with E-state index in [1.165, 1.54) is 0 Å². The maximum absolute atomic E-state index is 11.4. The van der Waals surface area contributed by atoms with Gasteiger partial charge in [-0.1, -0.05) is 13.8 Å². The van der Waals surface area contributed by atoms with Crippen molar-refractivity contribution in [3.8, 4) is 0 Å². The molecule has 0 saturated carbocycles. The maximum atomic E-state index is 11.4. The SMILES string of the molecule is CCOC(=O)C(C(=O)OCC)C(C)C.[Na]. The smallest absolute Gasteiger partial charge is 0.320 e. The summed E-state index contributed by atoms with van der Waals surface area (Å²) in [4.78, 5) is 22.8. The summed E-state index contributed by atoms with van der Waals surface area (Å²) in [5.74, 6) is -1.90. The molecule has 15 heavy (non-hydrogen) atoms. The monoisotopic (exact) mass is 225 g/mol. The van der Waals surface area contributed by atoms with E-state index in [4.69, 9.17) is 9.47 Å². The van der Waals surface area contributed by atoms with Crippen molar-refractivity contribution in [1.29, 1.82) is 0 Å². The Morgan fingerprint density at radius 1 is 1.00 bits per heavy atom. The summed E-state index contributed by atoms with van der Waals surface area (Å²) in [6, 6.07) is 0. The van der Waals surface area contributed by atoms with E-state index < -0.39 is 17.9 Å². The van der Waals surface area contributed by atoms with Crippen LogP contribution in [0.15, 0.2) is 0 Å². The van der Waals surface area contributed by atoms with Crippen LogP contribution in [0.2, 0.25) is 0 Å². The zero-order valence-electron chi connectivity index (χ0n) is 10.2. The van der Waals surface area contributed by atoms with Crippen molar-refractivity contribution in [1.82, 2.24) is 0 Å². The predicted molar refractivity (Wildman–Crippen MR) is 57.3 cm³/mol. The Kier molecular flexibility index (Phi) is 10.6. The van der Waals surface area contributed by atoms with Crippen molar-refractivity contribution in [3.63, 3.8) is 0 Å². The topological polar surface area (TPSA) is 52.6 Å². The van der Waals surface area contributed by atoms with E-state index in [0.717, 1.165) is 0 Å². The fourth-order valence-electron chi connectivity index (χ4n) is 1.10. The molecule has 1 radical (unpaired) electrons. The van der Waals surface area contributed by atoms with Gasteiger partial charge in [0.25, 0.3) is 0 Å². The molecule has 83 valence electrons. The average Bonchev–Trinajstić information content (AvgIpc) is 2.04. The first kappa shape index (κ1) is 17.3. The van der Waals surface area contributed by atoms with E-state index in [9.17, 15) is 9.59 Å². The fraction of sp³-hybridized carbons (Fsp3) is 0.800. The molecule has 0 aliphatic carbocycles. The van der Waals surface area contributed by atoms with Crippen LogP contribution in [0.25, 0.3) is 0 Å². The van der Waals surface area contributed by atoms with Gasteiger partial charge in [-0.25, -0.2) is 0 Å². The molecule has 0 rings (SSSR count). The van der Waals surface area contributed by atoms with Crippen LogP contribution < -0.4 is 0 Å². The Labute approximate surface area is 113 Å². The Hall–Kier alpha value is -0.0600. The van der Waals surface area contributed by atoms with Crippen molar-refractivity contribution in [3.05, 3.63) is 0 Å². The molecule has 0 heterocycles. The van der Waals surface area contributed by atoms with Crippen LogP contribution in [0.5, 0.6) is 0 Å². The van der Waals surface area contributed by atoms with E-state index in [1.54, 1.807) is 27.7 Å². The molecule has 0 aromatic heterocycles. The second-order valence-corrected chi connectivity index (χ2v) is 3.23. The number of ether oxygens (including phenoxy) is 2. The van der Waals surface area contributed by atoms with Gasteiger partial charge in [0.2, 0.25) is 0 Å². The van der Waals surface area contributed by atoms with E-state index in [0.29, 0.717) is 0 Å². The van der Waals surface area contributed by atoms with E-state index in [1.807, 2.05) is 0 Å². The minimum Gasteiger partial charge on any atom is -0.465 e. The second kappa shape index (κ2) is 9.19. The Morgan fingerprint density at radius 3 is 1.53 bits per heavy atom. The van der Waals surface area contributed by atoms with Gasteiger partial charge < -0.3 is 9.47 Å². The van der Waals surface area contributed by atoms with Gasteiger partial charge in [0.05, 0.1) is 13.2 Å². The number of hydrogen-bond acceptors (Lipinski definition) is 4. The molecule has 0 aromatic carbocycles. The zero-order valence-corrected chi connectivity index (χ0v) is 12.2. The van der Waals surface area contributed by atoms with Crippen LogP contribution in [-0.2, 0) is 19.1 Å². The first-order valence-corrected chi connectivity index (χ1v) is 4.87. The Bertz CT molecular complexity index is 186. The molecule has 0 amide bonds. The summed E-state index contributed by atoms with van der Waals surface area (Å²) in [5.41, 5.74) is 0. The van der Waals surface area contributed by atoms with Crippen molar-refractivity contribution >= 4 is 41.5 Å². The molecule has 0 spiro atoms. The van der Waals surface area contributed by atoms with Gasteiger partial charge in [0, 0.05) is 29.6 Å². The van der Waals surface area contributed by atoms with E-state index in [-0.39, 0.29) is 48.7 Å². The van der Waals surface area contributed by atoms with Crippen LogP contribution in [0.1, 0.15) is 27.7 Å². The summed E-state index contributed by atoms with van der Waals surface area (Å²) >= 11 is 0. The molecule has 5 heteroatoms. The number of carbonyl (C=O) groups excluding carboxylic acids is 2. The zero-order chi connectivity index (χ0) is 11.1. The minimum atomic E-state index is -0.796. The Balaban J connectivity index is 0. The van der Waals surface area contributed by atoms with Gasteiger partial charge in [-0.05, 0) is 19.8 Å². The van der Waals surface area contributed by atoms with Gasteiger partial charge in [-0.15, -0.1) is 0 Å². The van der Waals surface area contributed by atoms with Gasteiger partial charge in [-0.3, -0.25) is 9.59 Å². The Morgan fingerprint density at radius 2 is 1.33 bits per heavy atom. The third-order valence-electron chi connectivity index (χ3n) is 1.75. The minimum absolute atomic E-state index is 0. The average molecular weight is 225 g/mol. The standard InChI is InChI=1S/C10H18O4.Na/c1-5-13-9(11)8(7(3)4)10(12)14-6-2;/h7-8H,5-6H2,1-4H3;. The molecule has 0 bridgehead atoms. The summed E-state index contributed by atoms with van der Waals surface area (Å²) in [6.45, 7) is 7.56. The van der Waals surface area contributed by atoms with Crippen molar-refractivity contribution in [2.75, 3.05) is 13.2 Å². The molecule has 0 aliphatic rings. The van der Waals surface area contributed by atoms with Crippen LogP contribution >= 0.6 is 0 Å². The fourth-order valence-corrected chi connectivity index (χ4v) is 1.10. The normalized spacial score (nSPS) is 9.73. The van der Waals surface area contributed by atoms with Crippen molar-refractivity contribution in [2.24, 2.45) is 11.8 Å². The first-order chi connectivity index (χ1) is 6.54. The number of rotatable bonds is 5. The van der Waals surface area contributed by atoms with Crippen LogP contribution in [0, 0.1) is 11.8 Å². The molecule has 4 nitrogen and oxygen atoms in total. The molecule has 0 aromatic rings. The van der Waals surface area contributed by atoms with Gasteiger partial charge >= 0.3 is 11.9 Å². The molecule has 0 fully saturated rings. The largest absolute Gasteiger partial charge is 0.465 e. The molecular formula is C10H18NaO4. The number of carbonyl (C=O) groups is 2. The number of hydrogen-bond donors (Lipinski definition) is 0. The maximum Gasteiger partial charge on any atom is 0.320 e. The molecule has 0 N–H and O–H groups in total. The van der Waals surface area contributed by atoms with Crippen molar-refractivity contribution in [2.45, 2.75) is 27.7 Å². The molecular weight excluding hydrogens is 207 g/mol. The summed E-state index contributed by atoms with van der Waals surface area (Å²) in [6.07, 6.45) is 0. The quantitative estimate of drug-likeness (QED) is 0.398. The molecule has 0 atom stereocenters. The first-order valence-electron chi connectivity index (χ1n) is 4.87. The van der Waals surface area contributed by atoms with Crippen LogP contribution in [0.4, 0.5) is 0 Å². The summed E-state index contributed by atoms with van der Waals surface area (Å²) < 4.78 is 9.59. The van der Waals surface area contributed by atoms with Crippen LogP contribution in [0.3, 0.4) is 0 Å². The molecule has 0 saturated heterocycles. The number of esters is 2. The predicted octanol–water partition coefficient (Wildman–Crippen LogP) is 1.00. The molecule has 0 aliphatic heterocycles. The summed E-state index contributed by atoms with van der Waals surface area (Å²) in [7, 11) is 0. The van der Waals surface area contributed by atoms with Crippen LogP contribution in [-0.4, -0.2) is 54.7 Å². The van der Waals surface area contributed by atoms with Gasteiger partial charge in [0.15, 0.2) is 5.92 Å². The third kappa shape index (κ3) is 6.17.